The van der Waals surface area contributed by atoms with E-state index in [-0.39, 0.29) is 22.8 Å². The number of ether oxygens (including phenoxy) is 2. The summed E-state index contributed by atoms with van der Waals surface area (Å²) in [6, 6.07) is 0. The number of carbonyl (C=O) groups excluding carboxylic acids is 2. The molecule has 0 aliphatic carbocycles. The molecular weight excluding hydrogens is 394 g/mol. The Morgan fingerprint density at radius 2 is 2.07 bits per heavy atom. The summed E-state index contributed by atoms with van der Waals surface area (Å²) >= 11 is 1.96. The third-order valence-electron chi connectivity index (χ3n) is 5.95. The first-order valence-electron chi connectivity index (χ1n) is 10.3. The van der Waals surface area contributed by atoms with Crippen molar-refractivity contribution in [2.45, 2.75) is 56.7 Å². The smallest absolute Gasteiger partial charge is 0.221 e. The highest BCUT2D eigenvalue weighted by atomic mass is 32.2. The van der Waals surface area contributed by atoms with E-state index in [2.05, 4.69) is 34.5 Å². The van der Waals surface area contributed by atoms with Gasteiger partial charge in [0.15, 0.2) is 0 Å². The molecule has 2 fully saturated rings. The minimum absolute atomic E-state index is 0.0149. The molecule has 0 saturated carbocycles. The fourth-order valence-electron chi connectivity index (χ4n) is 3.98. The zero-order valence-corrected chi connectivity index (χ0v) is 18.3. The molecule has 9 nitrogen and oxygen atoms in total. The Morgan fingerprint density at radius 3 is 2.83 bits per heavy atom. The lowest BCUT2D eigenvalue weighted by atomic mass is 9.70. The molecule has 0 radical (unpaired) electrons. The number of nitrogens with zero attached hydrogens (tertiary/aromatic N) is 3. The molecule has 0 aromatic carbocycles. The Kier molecular flexibility index (Phi) is 9.55. The zero-order valence-electron chi connectivity index (χ0n) is 17.4. The number of rotatable bonds is 14. The molecule has 0 spiro atoms. The normalized spacial score (nSPS) is 27.9. The van der Waals surface area contributed by atoms with Gasteiger partial charge in [-0.2, -0.15) is 11.8 Å². The molecule has 2 rings (SSSR count). The van der Waals surface area contributed by atoms with Gasteiger partial charge in [-0.1, -0.05) is 18.5 Å². The number of carbonyl (C=O) groups is 2. The molecule has 2 aliphatic rings. The fraction of sp³-hybridized carbons (Fsp3) is 0.895. The molecule has 0 unspecified atom stereocenters. The quantitative estimate of drug-likeness (QED) is 0.191. The average Bonchev–Trinajstić information content (AvgIpc) is 3.04. The maximum atomic E-state index is 11.9. The minimum atomic E-state index is -0.0909. The van der Waals surface area contributed by atoms with Gasteiger partial charge in [0.1, 0.15) is 0 Å². The van der Waals surface area contributed by atoms with E-state index in [0.717, 1.165) is 25.0 Å². The lowest BCUT2D eigenvalue weighted by molar-refractivity contribution is -0.121. The number of thioether (sulfide) groups is 1. The molecule has 10 heteroatoms. The molecule has 0 bridgehead atoms. The third kappa shape index (κ3) is 6.77. The van der Waals surface area contributed by atoms with Crippen LogP contribution in [0, 0.1) is 5.41 Å². The summed E-state index contributed by atoms with van der Waals surface area (Å²) in [5.74, 6) is 1.19. The second kappa shape index (κ2) is 11.6. The predicted molar refractivity (Wildman–Crippen MR) is 113 cm³/mol. The first kappa shape index (κ1) is 23.8. The number of azide groups is 1. The average molecular weight is 428 g/mol. The van der Waals surface area contributed by atoms with Gasteiger partial charge in [-0.15, -0.1) is 0 Å². The van der Waals surface area contributed by atoms with E-state index in [4.69, 9.17) is 15.0 Å². The van der Waals surface area contributed by atoms with Gasteiger partial charge in [-0.3, -0.25) is 9.59 Å². The van der Waals surface area contributed by atoms with Crippen molar-refractivity contribution in [3.63, 3.8) is 0 Å². The van der Waals surface area contributed by atoms with Crippen LogP contribution in [0.3, 0.4) is 0 Å². The van der Waals surface area contributed by atoms with Gasteiger partial charge in [0.2, 0.25) is 11.8 Å². The molecule has 0 aromatic rings. The topological polar surface area (TPSA) is 125 Å². The minimum Gasteiger partial charge on any atom is -0.379 e. The summed E-state index contributed by atoms with van der Waals surface area (Å²) in [5.41, 5.74) is 8.04. The summed E-state index contributed by atoms with van der Waals surface area (Å²) in [6.45, 7) is 6.91. The van der Waals surface area contributed by atoms with Crippen molar-refractivity contribution >= 4 is 23.6 Å². The number of hydrogen-bond acceptors (Lipinski definition) is 6. The van der Waals surface area contributed by atoms with Gasteiger partial charge in [-0.25, -0.2) is 0 Å². The summed E-state index contributed by atoms with van der Waals surface area (Å²) in [5, 5.41) is 9.86. The Bertz CT molecular complexity index is 615. The highest BCUT2D eigenvalue weighted by Crippen LogP contribution is 2.56. The summed E-state index contributed by atoms with van der Waals surface area (Å²) in [7, 11) is 0. The van der Waals surface area contributed by atoms with Crippen molar-refractivity contribution in [2.75, 3.05) is 45.3 Å². The maximum absolute atomic E-state index is 11.9. The largest absolute Gasteiger partial charge is 0.379 e. The lowest BCUT2D eigenvalue weighted by Gasteiger charge is -2.36. The third-order valence-corrected chi connectivity index (χ3v) is 7.85. The van der Waals surface area contributed by atoms with Gasteiger partial charge in [-0.05, 0) is 25.3 Å². The monoisotopic (exact) mass is 427 g/mol. The molecule has 2 saturated heterocycles. The summed E-state index contributed by atoms with van der Waals surface area (Å²) in [6.07, 6.45) is 4.03. The lowest BCUT2D eigenvalue weighted by Crippen LogP contribution is -2.49. The van der Waals surface area contributed by atoms with Crippen LogP contribution >= 0.6 is 11.8 Å². The molecule has 0 aromatic heterocycles. The Hall–Kier alpha value is -1.48. The molecule has 2 N–H and O–H groups in total. The van der Waals surface area contributed by atoms with Crippen LogP contribution in [0.5, 0.6) is 0 Å². The van der Waals surface area contributed by atoms with Crippen molar-refractivity contribution < 1.29 is 19.1 Å². The molecule has 2 aliphatic heterocycles. The van der Waals surface area contributed by atoms with Gasteiger partial charge in [0.05, 0.1) is 32.0 Å². The van der Waals surface area contributed by atoms with Gasteiger partial charge < -0.3 is 20.1 Å². The predicted octanol–water partition coefficient (Wildman–Crippen LogP) is 2.41. The highest BCUT2D eigenvalue weighted by molar-refractivity contribution is 8.00. The van der Waals surface area contributed by atoms with E-state index in [1.165, 1.54) is 0 Å². The van der Waals surface area contributed by atoms with Crippen LogP contribution in [0.25, 0.3) is 10.4 Å². The number of unbranched alkanes of at least 4 members (excludes halogenated alkanes) is 1. The highest BCUT2D eigenvalue weighted by Gasteiger charge is 2.60. The van der Waals surface area contributed by atoms with Gasteiger partial charge in [0, 0.05) is 47.3 Å². The van der Waals surface area contributed by atoms with Crippen LogP contribution < -0.4 is 10.6 Å². The van der Waals surface area contributed by atoms with Crippen molar-refractivity contribution in [3.05, 3.63) is 10.4 Å². The van der Waals surface area contributed by atoms with E-state index in [9.17, 15) is 9.59 Å². The van der Waals surface area contributed by atoms with Crippen molar-refractivity contribution in [2.24, 2.45) is 10.5 Å². The molecule has 2 amide bonds. The number of nitrogens with one attached hydrogen (secondary N) is 2. The Morgan fingerprint density at radius 1 is 1.31 bits per heavy atom. The standard InChI is InChI=1S/C19H33N5O4S/c1-18-13-17(26)23-19(18,2)14-29-15(18)5-3-4-6-16(25)21-7-9-27-11-12-28-10-8-22-24-20/h15H,3-14H2,1-2H3,(H,21,25)(H,23,26)/t15-,18+,19-/m0/s1. The van der Waals surface area contributed by atoms with E-state index in [1.54, 1.807) is 0 Å². The Labute approximate surface area is 176 Å². The second-order valence-corrected chi connectivity index (χ2v) is 9.24. The van der Waals surface area contributed by atoms with E-state index < -0.39 is 0 Å². The van der Waals surface area contributed by atoms with E-state index in [1.807, 2.05) is 11.8 Å². The van der Waals surface area contributed by atoms with Crippen LogP contribution in [-0.2, 0) is 19.1 Å². The SMILES string of the molecule is C[C@]12CS[C@@H](CCCCC(=O)NCCOCCOCCN=[N+]=[N-])[C@@]1(C)CC(=O)N2. The number of amides is 2. The maximum Gasteiger partial charge on any atom is 0.221 e. The van der Waals surface area contributed by atoms with Crippen LogP contribution in [0.1, 0.15) is 46.0 Å². The van der Waals surface area contributed by atoms with Crippen LogP contribution in [0.2, 0.25) is 0 Å². The zero-order chi connectivity index (χ0) is 21.2. The first-order valence-corrected chi connectivity index (χ1v) is 11.3. The molecular formula is C19H33N5O4S. The summed E-state index contributed by atoms with van der Waals surface area (Å²) in [4.78, 5) is 26.4. The van der Waals surface area contributed by atoms with E-state index in [0.29, 0.717) is 57.6 Å². The fourth-order valence-corrected chi connectivity index (χ4v) is 5.97. The van der Waals surface area contributed by atoms with Crippen molar-refractivity contribution in [3.8, 4) is 0 Å². The van der Waals surface area contributed by atoms with E-state index >= 15 is 0 Å². The molecule has 3 atom stereocenters. The van der Waals surface area contributed by atoms with Crippen LogP contribution in [0.4, 0.5) is 0 Å². The Balaban J connectivity index is 1.46. The van der Waals surface area contributed by atoms with Crippen LogP contribution in [-0.4, -0.2) is 67.9 Å². The summed E-state index contributed by atoms with van der Waals surface area (Å²) < 4.78 is 10.6. The van der Waals surface area contributed by atoms with Gasteiger partial charge in [0.25, 0.3) is 0 Å². The molecule has 2 heterocycles. The van der Waals surface area contributed by atoms with Crippen molar-refractivity contribution in [1.82, 2.24) is 10.6 Å². The van der Waals surface area contributed by atoms with Crippen molar-refractivity contribution in [1.29, 1.82) is 0 Å². The second-order valence-electron chi connectivity index (χ2n) is 8.05. The first-order chi connectivity index (χ1) is 13.9. The molecule has 29 heavy (non-hydrogen) atoms. The number of fused-ring (bicyclic) bond motifs is 1. The van der Waals surface area contributed by atoms with Crippen LogP contribution in [0.15, 0.2) is 5.11 Å². The van der Waals surface area contributed by atoms with Gasteiger partial charge >= 0.3 is 0 Å². The molecule has 164 valence electrons. The number of hydrogen-bond donors (Lipinski definition) is 2.